The Morgan fingerprint density at radius 2 is 1.73 bits per heavy atom. The van der Waals surface area contributed by atoms with Gasteiger partial charge in [0.2, 0.25) is 17.7 Å². The third-order valence-corrected chi connectivity index (χ3v) is 8.48. The fourth-order valence-corrected chi connectivity index (χ4v) is 5.99. The zero-order chi connectivity index (χ0) is 29.2. The summed E-state index contributed by atoms with van der Waals surface area (Å²) in [4.78, 5) is 42.0. The number of fused-ring (bicyclic) bond motifs is 1. The van der Waals surface area contributed by atoms with Gasteiger partial charge in [-0.25, -0.2) is 0 Å². The number of ether oxygens (including phenoxy) is 1. The highest BCUT2D eigenvalue weighted by Gasteiger charge is 2.47. The predicted octanol–water partition coefficient (Wildman–Crippen LogP) is 2.53. The van der Waals surface area contributed by atoms with Gasteiger partial charge in [0.05, 0.1) is 13.2 Å². The quantitative estimate of drug-likeness (QED) is 0.278. The molecule has 2 aliphatic heterocycles. The summed E-state index contributed by atoms with van der Waals surface area (Å²) in [5, 5.41) is 9.51. The summed E-state index contributed by atoms with van der Waals surface area (Å²) >= 11 is 0. The van der Waals surface area contributed by atoms with Crippen LogP contribution >= 0.6 is 0 Å². The standard InChI is InChI=1S/C32H45N5O4/c1-3-27(33)30(38)36-29-24(18-19-34-21-23-7-5-4-6-8-23)11-12-25-13-16-28(37(25)32(29)40)31(39)35-20-17-22-9-14-26(41-2)15-10-22/h4-10,14-15,24-25,27-29,34H,3,11-13,16-21,33H2,1-2H3,(H,35,39)(H,36,38)/t24?,25-,27-,28-,29-/m0/s1. The van der Waals surface area contributed by atoms with E-state index in [-0.39, 0.29) is 29.7 Å². The lowest BCUT2D eigenvalue weighted by molar-refractivity contribution is -0.143. The van der Waals surface area contributed by atoms with Gasteiger partial charge in [0, 0.05) is 19.1 Å². The van der Waals surface area contributed by atoms with E-state index in [0.29, 0.717) is 25.8 Å². The van der Waals surface area contributed by atoms with Crippen LogP contribution in [0.25, 0.3) is 0 Å². The van der Waals surface area contributed by atoms with E-state index in [2.05, 4.69) is 28.1 Å². The van der Waals surface area contributed by atoms with Gasteiger partial charge < -0.3 is 31.3 Å². The number of nitrogens with two attached hydrogens (primary N) is 1. The summed E-state index contributed by atoms with van der Waals surface area (Å²) in [7, 11) is 1.63. The van der Waals surface area contributed by atoms with Crippen molar-refractivity contribution in [1.82, 2.24) is 20.9 Å². The number of methoxy groups -OCH3 is 1. The molecule has 0 aromatic heterocycles. The maximum absolute atomic E-state index is 14.1. The van der Waals surface area contributed by atoms with Gasteiger partial charge in [-0.3, -0.25) is 14.4 Å². The molecule has 222 valence electrons. The molecule has 3 amide bonds. The Balaban J connectivity index is 1.39. The van der Waals surface area contributed by atoms with Crippen LogP contribution in [0.4, 0.5) is 0 Å². The molecule has 5 atom stereocenters. The van der Waals surface area contributed by atoms with Crippen molar-refractivity contribution in [1.29, 1.82) is 0 Å². The number of nitrogens with zero attached hydrogens (tertiary/aromatic N) is 1. The third kappa shape index (κ3) is 8.07. The zero-order valence-corrected chi connectivity index (χ0v) is 24.3. The summed E-state index contributed by atoms with van der Waals surface area (Å²) in [6, 6.07) is 16.1. The summed E-state index contributed by atoms with van der Waals surface area (Å²) in [5.41, 5.74) is 8.33. The van der Waals surface area contributed by atoms with Gasteiger partial charge in [-0.2, -0.15) is 0 Å². The minimum absolute atomic E-state index is 0.00127. The molecule has 2 aromatic carbocycles. The van der Waals surface area contributed by atoms with Gasteiger partial charge >= 0.3 is 0 Å². The first-order valence-electron chi connectivity index (χ1n) is 14.9. The Kier molecular flexibility index (Phi) is 11.2. The Labute approximate surface area is 243 Å². The summed E-state index contributed by atoms with van der Waals surface area (Å²) in [5.74, 6) is 0.147. The lowest BCUT2D eigenvalue weighted by Gasteiger charge is -2.32. The van der Waals surface area contributed by atoms with Crippen LogP contribution in [0.2, 0.25) is 0 Å². The third-order valence-electron chi connectivity index (χ3n) is 8.48. The Hall–Kier alpha value is -3.43. The molecule has 2 saturated heterocycles. The summed E-state index contributed by atoms with van der Waals surface area (Å²) < 4.78 is 5.21. The maximum Gasteiger partial charge on any atom is 0.246 e. The average Bonchev–Trinajstić information content (AvgIpc) is 3.38. The molecule has 9 heteroatoms. The highest BCUT2D eigenvalue weighted by molar-refractivity contribution is 5.94. The second-order valence-corrected chi connectivity index (χ2v) is 11.2. The largest absolute Gasteiger partial charge is 0.497 e. The van der Waals surface area contributed by atoms with E-state index in [1.807, 2.05) is 49.4 Å². The minimum atomic E-state index is -0.698. The van der Waals surface area contributed by atoms with E-state index in [1.165, 1.54) is 5.56 Å². The molecule has 0 saturated carbocycles. The van der Waals surface area contributed by atoms with Crippen molar-refractivity contribution in [2.75, 3.05) is 20.2 Å². The number of amides is 3. The summed E-state index contributed by atoms with van der Waals surface area (Å²) in [6.45, 7) is 3.80. The molecule has 0 radical (unpaired) electrons. The lowest BCUT2D eigenvalue weighted by atomic mass is 9.90. The molecular weight excluding hydrogens is 518 g/mol. The van der Waals surface area contributed by atoms with Crippen molar-refractivity contribution in [3.05, 3.63) is 65.7 Å². The van der Waals surface area contributed by atoms with E-state index < -0.39 is 18.1 Å². The number of benzene rings is 2. The van der Waals surface area contributed by atoms with Crippen molar-refractivity contribution in [3.8, 4) is 5.75 Å². The lowest BCUT2D eigenvalue weighted by Crippen LogP contribution is -2.58. The molecule has 41 heavy (non-hydrogen) atoms. The van der Waals surface area contributed by atoms with Gasteiger partial charge in [0.1, 0.15) is 17.8 Å². The number of carbonyl (C=O) groups excluding carboxylic acids is 3. The summed E-state index contributed by atoms with van der Waals surface area (Å²) in [6.07, 6.45) is 4.95. The van der Waals surface area contributed by atoms with E-state index in [0.717, 1.165) is 50.1 Å². The van der Waals surface area contributed by atoms with Crippen LogP contribution in [0.5, 0.6) is 5.75 Å². The molecule has 4 rings (SSSR count). The fraction of sp³-hybridized carbons (Fsp3) is 0.531. The van der Waals surface area contributed by atoms with E-state index in [9.17, 15) is 14.4 Å². The van der Waals surface area contributed by atoms with Crippen molar-refractivity contribution in [2.24, 2.45) is 11.7 Å². The normalized spacial score (nSPS) is 22.9. The van der Waals surface area contributed by atoms with Crippen LogP contribution in [0, 0.1) is 5.92 Å². The maximum atomic E-state index is 14.1. The topological polar surface area (TPSA) is 126 Å². The molecule has 2 fully saturated rings. The monoisotopic (exact) mass is 563 g/mol. The second-order valence-electron chi connectivity index (χ2n) is 11.2. The molecule has 2 aromatic rings. The molecule has 2 heterocycles. The van der Waals surface area contributed by atoms with Crippen LogP contribution in [0.15, 0.2) is 54.6 Å². The Morgan fingerprint density at radius 1 is 1.00 bits per heavy atom. The molecule has 0 aliphatic carbocycles. The molecule has 0 bridgehead atoms. The Morgan fingerprint density at radius 3 is 2.44 bits per heavy atom. The van der Waals surface area contributed by atoms with E-state index >= 15 is 0 Å². The number of carbonyl (C=O) groups is 3. The van der Waals surface area contributed by atoms with Gasteiger partial charge in [0.15, 0.2) is 0 Å². The highest BCUT2D eigenvalue weighted by atomic mass is 16.5. The highest BCUT2D eigenvalue weighted by Crippen LogP contribution is 2.35. The van der Waals surface area contributed by atoms with Crippen molar-refractivity contribution in [2.45, 2.75) is 82.6 Å². The fourth-order valence-electron chi connectivity index (χ4n) is 5.99. The van der Waals surface area contributed by atoms with Crippen LogP contribution in [-0.4, -0.2) is 67.0 Å². The molecule has 1 unspecified atom stereocenters. The molecule has 9 nitrogen and oxygen atoms in total. The van der Waals surface area contributed by atoms with Gasteiger partial charge in [-0.05, 0) is 80.7 Å². The number of hydrogen-bond donors (Lipinski definition) is 4. The first-order chi connectivity index (χ1) is 19.9. The molecule has 5 N–H and O–H groups in total. The van der Waals surface area contributed by atoms with Crippen LogP contribution in [-0.2, 0) is 27.3 Å². The van der Waals surface area contributed by atoms with Crippen LogP contribution in [0.1, 0.15) is 56.6 Å². The van der Waals surface area contributed by atoms with Crippen molar-refractivity contribution in [3.63, 3.8) is 0 Å². The number of nitrogens with one attached hydrogen (secondary N) is 3. The predicted molar refractivity (Wildman–Crippen MR) is 159 cm³/mol. The second kappa shape index (κ2) is 15.0. The zero-order valence-electron chi connectivity index (χ0n) is 24.3. The van der Waals surface area contributed by atoms with Gasteiger partial charge in [0.25, 0.3) is 0 Å². The SMILES string of the molecule is CC[C@H](N)C(=O)N[C@@H]1C(=O)N2[C@@H](CCC1CCNCc1ccccc1)CC[C@H]2C(=O)NCCc1ccc(OC)cc1. The van der Waals surface area contributed by atoms with E-state index in [4.69, 9.17) is 10.5 Å². The molecule has 2 aliphatic rings. The van der Waals surface area contributed by atoms with Crippen molar-refractivity contribution >= 4 is 17.7 Å². The smallest absolute Gasteiger partial charge is 0.246 e. The average molecular weight is 564 g/mol. The first kappa shape index (κ1) is 30.5. The van der Waals surface area contributed by atoms with Crippen molar-refractivity contribution < 1.29 is 19.1 Å². The molecular formula is C32H45N5O4. The van der Waals surface area contributed by atoms with Crippen LogP contribution in [0.3, 0.4) is 0 Å². The van der Waals surface area contributed by atoms with Crippen LogP contribution < -0.4 is 26.4 Å². The number of rotatable bonds is 13. The number of hydrogen-bond acceptors (Lipinski definition) is 6. The van der Waals surface area contributed by atoms with Gasteiger partial charge in [-0.15, -0.1) is 0 Å². The van der Waals surface area contributed by atoms with Gasteiger partial charge in [-0.1, -0.05) is 49.4 Å². The van der Waals surface area contributed by atoms with E-state index in [1.54, 1.807) is 12.0 Å². The Bertz CT molecular complexity index is 1140. The first-order valence-corrected chi connectivity index (χ1v) is 14.9. The minimum Gasteiger partial charge on any atom is -0.497 e. The molecule has 0 spiro atoms.